The van der Waals surface area contributed by atoms with Crippen molar-refractivity contribution in [3.05, 3.63) is 71.6 Å². The summed E-state index contributed by atoms with van der Waals surface area (Å²) >= 11 is 0. The fraction of sp³-hybridized carbons (Fsp3) is 0.286. The number of aromatic amines is 1. The number of H-pyrrole nitrogens is 1. The first-order chi connectivity index (χ1) is 16.0. The van der Waals surface area contributed by atoms with Gasteiger partial charge in [0, 0.05) is 53.7 Å². The molecular weight excluding hydrogens is 406 g/mol. The Labute approximate surface area is 193 Å². The van der Waals surface area contributed by atoms with Gasteiger partial charge < -0.3 is 4.98 Å². The van der Waals surface area contributed by atoms with Gasteiger partial charge in [-0.3, -0.25) is 15.0 Å². The summed E-state index contributed by atoms with van der Waals surface area (Å²) in [7, 11) is 0. The zero-order chi connectivity index (χ0) is 22.7. The summed E-state index contributed by atoms with van der Waals surface area (Å²) in [6.45, 7) is 8.73. The Bertz CT molecular complexity index is 1470. The molecule has 0 bridgehead atoms. The van der Waals surface area contributed by atoms with E-state index in [1.54, 1.807) is 12.4 Å². The third-order valence-electron chi connectivity index (χ3n) is 6.81. The molecule has 164 valence electrons. The molecule has 6 rings (SSSR count). The number of nitrogens with zero attached hydrogens (tertiary/aromatic N) is 4. The molecule has 0 saturated heterocycles. The Balaban J connectivity index is 1.41. The lowest BCUT2D eigenvalue weighted by Crippen LogP contribution is -2.05. The average Bonchev–Trinajstić information content (AvgIpc) is 3.52. The van der Waals surface area contributed by atoms with Gasteiger partial charge in [-0.1, -0.05) is 52.0 Å². The molecule has 0 amide bonds. The second-order valence-electron chi connectivity index (χ2n) is 9.66. The van der Waals surface area contributed by atoms with Crippen molar-refractivity contribution in [1.82, 2.24) is 19.9 Å². The topological polar surface area (TPSA) is 66.8 Å². The van der Waals surface area contributed by atoms with E-state index in [0.717, 1.165) is 46.5 Å². The van der Waals surface area contributed by atoms with Crippen molar-refractivity contribution < 1.29 is 0 Å². The lowest BCUT2D eigenvalue weighted by atomic mass is 9.93. The van der Waals surface area contributed by atoms with Gasteiger partial charge in [0.05, 0.1) is 22.9 Å². The fourth-order valence-corrected chi connectivity index (χ4v) is 4.95. The third kappa shape index (κ3) is 3.22. The molecular formula is C28H27N5. The highest BCUT2D eigenvalue weighted by Crippen LogP contribution is 2.43. The highest BCUT2D eigenvalue weighted by atomic mass is 14.9. The van der Waals surface area contributed by atoms with Gasteiger partial charge >= 0.3 is 0 Å². The first-order valence-corrected chi connectivity index (χ1v) is 11.7. The SMILES string of the molecule is CC(C)C1=NC2=C(C1)c1ccc(-c3ccc(-c4cnc(C(C)C)[nH]4)c4nccnc34)cc1C2. The van der Waals surface area contributed by atoms with Crippen molar-refractivity contribution in [1.29, 1.82) is 0 Å². The van der Waals surface area contributed by atoms with Crippen molar-refractivity contribution in [3.63, 3.8) is 0 Å². The summed E-state index contributed by atoms with van der Waals surface area (Å²) in [6, 6.07) is 11.1. The summed E-state index contributed by atoms with van der Waals surface area (Å²) in [4.78, 5) is 22.4. The molecule has 3 heterocycles. The van der Waals surface area contributed by atoms with Crippen molar-refractivity contribution >= 4 is 22.3 Å². The van der Waals surface area contributed by atoms with Crippen LogP contribution in [0.5, 0.6) is 0 Å². The largest absolute Gasteiger partial charge is 0.342 e. The number of benzene rings is 2. The number of aliphatic imine (C=N–C) groups is 1. The molecule has 0 radical (unpaired) electrons. The normalized spacial score (nSPS) is 15.0. The van der Waals surface area contributed by atoms with Crippen LogP contribution in [0.3, 0.4) is 0 Å². The Hall–Kier alpha value is -3.60. The van der Waals surface area contributed by atoms with Gasteiger partial charge in [0.25, 0.3) is 0 Å². The molecule has 0 atom stereocenters. The highest BCUT2D eigenvalue weighted by Gasteiger charge is 2.28. The van der Waals surface area contributed by atoms with Gasteiger partial charge in [0.2, 0.25) is 0 Å². The maximum atomic E-state index is 4.94. The molecule has 0 unspecified atom stereocenters. The van der Waals surface area contributed by atoms with Gasteiger partial charge in [-0.15, -0.1) is 0 Å². The van der Waals surface area contributed by atoms with Gasteiger partial charge in [-0.2, -0.15) is 0 Å². The van der Waals surface area contributed by atoms with Gasteiger partial charge in [0.15, 0.2) is 0 Å². The monoisotopic (exact) mass is 433 g/mol. The third-order valence-corrected chi connectivity index (χ3v) is 6.81. The maximum Gasteiger partial charge on any atom is 0.109 e. The van der Waals surface area contributed by atoms with E-state index in [2.05, 4.69) is 68.0 Å². The number of hydrogen-bond donors (Lipinski definition) is 1. The van der Waals surface area contributed by atoms with E-state index in [9.17, 15) is 0 Å². The number of fused-ring (bicyclic) bond motifs is 3. The summed E-state index contributed by atoms with van der Waals surface area (Å²) in [5, 5.41) is 0. The van der Waals surface area contributed by atoms with E-state index in [-0.39, 0.29) is 0 Å². The van der Waals surface area contributed by atoms with Crippen molar-refractivity contribution in [2.75, 3.05) is 0 Å². The lowest BCUT2D eigenvalue weighted by molar-refractivity contribution is 0.795. The van der Waals surface area contributed by atoms with Crippen LogP contribution >= 0.6 is 0 Å². The molecule has 33 heavy (non-hydrogen) atoms. The van der Waals surface area contributed by atoms with Crippen LogP contribution in [0.15, 0.2) is 59.6 Å². The van der Waals surface area contributed by atoms with Gasteiger partial charge in [-0.05, 0) is 34.2 Å². The van der Waals surface area contributed by atoms with E-state index in [0.29, 0.717) is 11.8 Å². The number of aromatic nitrogens is 4. The summed E-state index contributed by atoms with van der Waals surface area (Å²) < 4.78 is 0. The molecule has 2 aliphatic rings. The molecule has 1 N–H and O–H groups in total. The highest BCUT2D eigenvalue weighted by molar-refractivity contribution is 6.03. The van der Waals surface area contributed by atoms with E-state index in [1.165, 1.54) is 33.7 Å². The van der Waals surface area contributed by atoms with Crippen LogP contribution in [0.4, 0.5) is 0 Å². The number of rotatable bonds is 4. The number of imidazole rings is 1. The number of nitrogens with one attached hydrogen (secondary N) is 1. The van der Waals surface area contributed by atoms with Crippen LogP contribution < -0.4 is 0 Å². The lowest BCUT2D eigenvalue weighted by Gasteiger charge is -2.12. The number of allylic oxidation sites excluding steroid dienone is 2. The minimum atomic E-state index is 0.345. The fourth-order valence-electron chi connectivity index (χ4n) is 4.95. The zero-order valence-corrected chi connectivity index (χ0v) is 19.5. The summed E-state index contributed by atoms with van der Waals surface area (Å²) in [5.74, 6) is 1.83. The van der Waals surface area contributed by atoms with Crippen LogP contribution in [-0.2, 0) is 6.42 Å². The van der Waals surface area contributed by atoms with Gasteiger partial charge in [-0.25, -0.2) is 4.98 Å². The van der Waals surface area contributed by atoms with Crippen LogP contribution in [0.2, 0.25) is 0 Å². The molecule has 4 aromatic rings. The second-order valence-corrected chi connectivity index (χ2v) is 9.66. The maximum absolute atomic E-state index is 4.94. The minimum absolute atomic E-state index is 0.345. The molecule has 0 fully saturated rings. The van der Waals surface area contributed by atoms with Gasteiger partial charge in [0.1, 0.15) is 5.82 Å². The van der Waals surface area contributed by atoms with E-state index < -0.39 is 0 Å². The second kappa shape index (κ2) is 7.48. The summed E-state index contributed by atoms with van der Waals surface area (Å²) in [5.41, 5.74) is 12.8. The first kappa shape index (κ1) is 20.0. The Kier molecular flexibility index (Phi) is 4.54. The number of hydrogen-bond acceptors (Lipinski definition) is 4. The van der Waals surface area contributed by atoms with Crippen LogP contribution in [0, 0.1) is 5.92 Å². The van der Waals surface area contributed by atoms with Crippen LogP contribution in [-0.4, -0.2) is 25.6 Å². The first-order valence-electron chi connectivity index (χ1n) is 11.7. The quantitative estimate of drug-likeness (QED) is 0.395. The zero-order valence-electron chi connectivity index (χ0n) is 19.5. The molecule has 1 aliphatic heterocycles. The molecule has 2 aromatic carbocycles. The van der Waals surface area contributed by atoms with Crippen molar-refractivity contribution in [2.24, 2.45) is 10.9 Å². The Morgan fingerprint density at radius 2 is 1.52 bits per heavy atom. The molecule has 1 aliphatic carbocycles. The van der Waals surface area contributed by atoms with Crippen LogP contribution in [0.1, 0.15) is 57.0 Å². The standard InChI is InChI=1S/C28H27N5/c1-15(2)23-13-22-19-6-5-17(11-18(19)12-24(22)32-23)20-7-8-21(27-26(20)29-9-10-30-27)25-14-31-28(33-25)16(3)4/h5-11,14-16H,12-13H2,1-4H3,(H,31,33). The smallest absolute Gasteiger partial charge is 0.109 e. The molecule has 2 aromatic heterocycles. The van der Waals surface area contributed by atoms with E-state index in [4.69, 9.17) is 15.0 Å². The minimum Gasteiger partial charge on any atom is -0.342 e. The average molecular weight is 434 g/mol. The van der Waals surface area contributed by atoms with Crippen molar-refractivity contribution in [2.45, 2.75) is 46.5 Å². The van der Waals surface area contributed by atoms with Crippen LogP contribution in [0.25, 0.3) is 39.0 Å². The predicted octanol–water partition coefficient (Wildman–Crippen LogP) is 6.58. The Morgan fingerprint density at radius 3 is 2.24 bits per heavy atom. The van der Waals surface area contributed by atoms with E-state index in [1.807, 2.05) is 6.20 Å². The molecule has 0 saturated carbocycles. The molecule has 5 heteroatoms. The molecule has 5 nitrogen and oxygen atoms in total. The van der Waals surface area contributed by atoms with Crippen molar-refractivity contribution in [3.8, 4) is 22.4 Å². The Morgan fingerprint density at radius 1 is 0.788 bits per heavy atom. The summed E-state index contributed by atoms with van der Waals surface area (Å²) in [6.07, 6.45) is 7.34. The predicted molar refractivity (Wildman–Crippen MR) is 134 cm³/mol. The van der Waals surface area contributed by atoms with E-state index >= 15 is 0 Å². The molecule has 0 spiro atoms.